The summed E-state index contributed by atoms with van der Waals surface area (Å²) in [6.07, 6.45) is 0. The van der Waals surface area contributed by atoms with Gasteiger partial charge in [-0.3, -0.25) is 0 Å². The maximum Gasteiger partial charge on any atom is 0.249 e. The van der Waals surface area contributed by atoms with E-state index in [1.807, 2.05) is 42.5 Å². The molecule has 0 unspecified atom stereocenters. The van der Waals surface area contributed by atoms with Gasteiger partial charge in [0.05, 0.1) is 12.8 Å². The van der Waals surface area contributed by atoms with Crippen LogP contribution in [-0.2, 0) is 0 Å². The van der Waals surface area contributed by atoms with Crippen molar-refractivity contribution in [3.63, 3.8) is 0 Å². The van der Waals surface area contributed by atoms with Crippen LogP contribution in [0.5, 0.6) is 5.75 Å². The highest BCUT2D eigenvalue weighted by Crippen LogP contribution is 2.23. The van der Waals surface area contributed by atoms with Crippen molar-refractivity contribution in [3.8, 4) is 17.0 Å². The topological polar surface area (TPSA) is 77.5 Å². The van der Waals surface area contributed by atoms with E-state index >= 15 is 0 Å². The Labute approximate surface area is 126 Å². The minimum absolute atomic E-state index is 0.136. The van der Waals surface area contributed by atoms with E-state index in [1.165, 1.54) is 0 Å². The maximum absolute atomic E-state index is 5.44. The van der Waals surface area contributed by atoms with Gasteiger partial charge in [-0.25, -0.2) is 4.52 Å². The van der Waals surface area contributed by atoms with Crippen LogP contribution in [0.15, 0.2) is 42.5 Å². The zero-order chi connectivity index (χ0) is 14.8. The summed E-state index contributed by atoms with van der Waals surface area (Å²) in [6, 6.07) is 13.5. The smallest absolute Gasteiger partial charge is 0.249 e. The molecule has 3 N–H and O–H groups in total. The van der Waals surface area contributed by atoms with E-state index < -0.39 is 0 Å². The number of anilines is 1. The lowest BCUT2D eigenvalue weighted by molar-refractivity contribution is 0.415. The number of benzene rings is 1. The Morgan fingerprint density at radius 3 is 2.67 bits per heavy atom. The number of aromatic nitrogens is 3. The Balaban J connectivity index is 2.08. The van der Waals surface area contributed by atoms with Crippen LogP contribution in [0.3, 0.4) is 0 Å². The normalized spacial score (nSPS) is 10.5. The molecule has 0 bridgehead atoms. The number of nitrogens with one attached hydrogen (secondary N) is 1. The van der Waals surface area contributed by atoms with Crippen molar-refractivity contribution in [1.29, 1.82) is 0 Å². The van der Waals surface area contributed by atoms with Crippen LogP contribution in [0, 0.1) is 0 Å². The lowest BCUT2D eigenvalue weighted by atomic mass is 10.1. The van der Waals surface area contributed by atoms with Crippen molar-refractivity contribution in [1.82, 2.24) is 14.6 Å². The summed E-state index contributed by atoms with van der Waals surface area (Å²) >= 11 is 4.80. The zero-order valence-electron chi connectivity index (χ0n) is 11.3. The van der Waals surface area contributed by atoms with Gasteiger partial charge in [0.2, 0.25) is 5.95 Å². The van der Waals surface area contributed by atoms with Crippen molar-refractivity contribution in [2.75, 3.05) is 12.4 Å². The van der Waals surface area contributed by atoms with Crippen LogP contribution in [0.1, 0.15) is 0 Å². The van der Waals surface area contributed by atoms with Gasteiger partial charge in [0.15, 0.2) is 10.8 Å². The average Bonchev–Trinajstić information content (AvgIpc) is 2.88. The first-order valence-corrected chi connectivity index (χ1v) is 6.65. The molecule has 6 nitrogen and oxygen atoms in total. The van der Waals surface area contributed by atoms with E-state index in [0.29, 0.717) is 11.6 Å². The molecule has 1 aromatic carbocycles. The second-order valence-corrected chi connectivity index (χ2v) is 4.77. The first-order chi connectivity index (χ1) is 10.2. The average molecular weight is 299 g/mol. The van der Waals surface area contributed by atoms with Gasteiger partial charge in [-0.05, 0) is 48.6 Å². The molecule has 0 aliphatic heterocycles. The fourth-order valence-corrected chi connectivity index (χ4v) is 2.14. The second-order valence-electron chi connectivity index (χ2n) is 4.33. The van der Waals surface area contributed by atoms with Gasteiger partial charge in [-0.1, -0.05) is 6.07 Å². The molecule has 0 saturated heterocycles. The largest absolute Gasteiger partial charge is 0.497 e. The molecular weight excluding hydrogens is 286 g/mol. The van der Waals surface area contributed by atoms with Crippen molar-refractivity contribution < 1.29 is 4.74 Å². The highest BCUT2D eigenvalue weighted by atomic mass is 32.1. The first kappa shape index (κ1) is 13.3. The summed E-state index contributed by atoms with van der Waals surface area (Å²) in [4.78, 5) is 4.32. The molecule has 21 heavy (non-hydrogen) atoms. The fourth-order valence-electron chi connectivity index (χ4n) is 2.05. The van der Waals surface area contributed by atoms with Crippen LogP contribution in [0.2, 0.25) is 0 Å². The van der Waals surface area contributed by atoms with Crippen LogP contribution < -0.4 is 15.8 Å². The molecule has 3 rings (SSSR count). The van der Waals surface area contributed by atoms with Gasteiger partial charge in [0.25, 0.3) is 0 Å². The molecule has 3 aromatic rings. The summed E-state index contributed by atoms with van der Waals surface area (Å²) < 4.78 is 6.91. The van der Waals surface area contributed by atoms with Crippen molar-refractivity contribution in [2.24, 2.45) is 5.73 Å². The van der Waals surface area contributed by atoms with E-state index in [4.69, 9.17) is 22.7 Å². The summed E-state index contributed by atoms with van der Waals surface area (Å²) in [7, 11) is 1.64. The summed E-state index contributed by atoms with van der Waals surface area (Å²) in [5.74, 6) is 1.18. The van der Waals surface area contributed by atoms with Crippen LogP contribution in [-0.4, -0.2) is 26.8 Å². The number of pyridine rings is 1. The monoisotopic (exact) mass is 299 g/mol. The summed E-state index contributed by atoms with van der Waals surface area (Å²) in [5.41, 5.74) is 8.08. The van der Waals surface area contributed by atoms with Gasteiger partial charge in [0, 0.05) is 5.56 Å². The molecule has 7 heteroatoms. The fraction of sp³-hybridized carbons (Fsp3) is 0.0714. The molecule has 0 atom stereocenters. The van der Waals surface area contributed by atoms with E-state index in [1.54, 1.807) is 11.6 Å². The molecule has 0 amide bonds. The Morgan fingerprint density at radius 2 is 2.00 bits per heavy atom. The van der Waals surface area contributed by atoms with Crippen LogP contribution >= 0.6 is 12.2 Å². The molecule has 0 aliphatic rings. The van der Waals surface area contributed by atoms with Gasteiger partial charge in [0.1, 0.15) is 5.75 Å². The summed E-state index contributed by atoms with van der Waals surface area (Å²) in [6.45, 7) is 0. The number of fused-ring (bicyclic) bond motifs is 1. The van der Waals surface area contributed by atoms with E-state index in [0.717, 1.165) is 17.0 Å². The number of thiocarbonyl (C=S) groups is 1. The molecule has 106 valence electrons. The maximum atomic E-state index is 5.44. The summed E-state index contributed by atoms with van der Waals surface area (Å²) in [5, 5.41) is 7.24. The third-order valence-electron chi connectivity index (χ3n) is 2.98. The molecule has 2 aromatic heterocycles. The van der Waals surface area contributed by atoms with E-state index in [9.17, 15) is 0 Å². The van der Waals surface area contributed by atoms with Crippen molar-refractivity contribution in [2.45, 2.75) is 0 Å². The Hall–Kier alpha value is -2.67. The van der Waals surface area contributed by atoms with E-state index in [-0.39, 0.29) is 5.11 Å². The number of hydrogen-bond donors (Lipinski definition) is 2. The van der Waals surface area contributed by atoms with E-state index in [2.05, 4.69) is 15.4 Å². The van der Waals surface area contributed by atoms with Gasteiger partial charge in [-0.2, -0.15) is 4.98 Å². The number of hydrogen-bond acceptors (Lipinski definition) is 4. The van der Waals surface area contributed by atoms with Gasteiger partial charge < -0.3 is 15.8 Å². The molecule has 2 heterocycles. The lowest BCUT2D eigenvalue weighted by Gasteiger charge is -2.05. The molecule has 0 fully saturated rings. The third-order valence-corrected chi connectivity index (χ3v) is 3.08. The molecule has 0 saturated carbocycles. The molecule has 0 aliphatic carbocycles. The first-order valence-electron chi connectivity index (χ1n) is 6.24. The van der Waals surface area contributed by atoms with Gasteiger partial charge >= 0.3 is 0 Å². The van der Waals surface area contributed by atoms with Gasteiger partial charge in [-0.15, -0.1) is 5.10 Å². The predicted octanol–water partition coefficient (Wildman–Crippen LogP) is 2.06. The molecule has 0 spiro atoms. The number of nitrogens with zero attached hydrogens (tertiary/aromatic N) is 3. The SMILES string of the molecule is COc1ccc(-c2cccc3nc(NC(N)=S)nn23)cc1. The minimum Gasteiger partial charge on any atom is -0.497 e. The standard InChI is InChI=1S/C14H13N5OS/c1-20-10-7-5-9(6-8-10)11-3-2-4-12-16-14(17-13(15)21)18-19(11)12/h2-8H,1H3,(H3,15,17,18,21). The quantitative estimate of drug-likeness (QED) is 0.721. The predicted molar refractivity (Wildman–Crippen MR) is 85.4 cm³/mol. The third kappa shape index (κ3) is 2.63. The van der Waals surface area contributed by atoms with Crippen molar-refractivity contribution >= 4 is 28.9 Å². The number of methoxy groups -OCH3 is 1. The zero-order valence-corrected chi connectivity index (χ0v) is 12.1. The number of rotatable bonds is 3. The van der Waals surface area contributed by atoms with Crippen molar-refractivity contribution in [3.05, 3.63) is 42.5 Å². The highest BCUT2D eigenvalue weighted by molar-refractivity contribution is 7.80. The highest BCUT2D eigenvalue weighted by Gasteiger charge is 2.09. The Bertz CT molecular complexity index is 797. The van der Waals surface area contributed by atoms with Crippen LogP contribution in [0.25, 0.3) is 16.9 Å². The number of nitrogens with two attached hydrogens (primary N) is 1. The lowest BCUT2D eigenvalue weighted by Crippen LogP contribution is -2.19. The van der Waals surface area contributed by atoms with Crippen LogP contribution in [0.4, 0.5) is 5.95 Å². The number of ether oxygens (including phenoxy) is 1. The minimum atomic E-state index is 0.136. The Kier molecular flexibility index (Phi) is 3.41. The second kappa shape index (κ2) is 5.37. The Morgan fingerprint density at radius 1 is 1.24 bits per heavy atom. The molecular formula is C14H13N5OS. The molecule has 0 radical (unpaired) electrons.